The standard InChI is InChI=1S/C24H31FN4O2/c25-22-16(11-19(14-26)28-24(30)23-17-3-4-18(12-17)27-23)2-1-15-13-20(5-6-21(15)22)29-7-9-31-10-8-29/h1-2,17-20,23,27H,3-13H2,(H,28,30)/t17-,18+,19-,20?,23-/m0/s1. The molecule has 2 N–H and O–H groups in total. The van der Waals surface area contributed by atoms with Crippen molar-refractivity contribution in [2.24, 2.45) is 5.92 Å². The summed E-state index contributed by atoms with van der Waals surface area (Å²) in [7, 11) is 0. The van der Waals surface area contributed by atoms with Crippen LogP contribution in [0.25, 0.3) is 0 Å². The Hall–Kier alpha value is -2.01. The SMILES string of the molecule is N#C[C@H](Cc1ccc2c(c1F)CCC(N1CCOCC1)C2)NC(=O)[C@H]1N[C@@H]2CC[C@H]1C2. The highest BCUT2D eigenvalue weighted by molar-refractivity contribution is 5.83. The molecule has 3 fully saturated rings. The van der Waals surface area contributed by atoms with E-state index in [-0.39, 0.29) is 24.2 Å². The van der Waals surface area contributed by atoms with Gasteiger partial charge in [0.15, 0.2) is 0 Å². The first-order chi connectivity index (χ1) is 15.1. The van der Waals surface area contributed by atoms with Crippen molar-refractivity contribution in [3.05, 3.63) is 34.6 Å². The van der Waals surface area contributed by atoms with Crippen molar-refractivity contribution in [2.75, 3.05) is 26.3 Å². The van der Waals surface area contributed by atoms with Crippen LogP contribution in [-0.2, 0) is 28.8 Å². The number of amides is 1. The van der Waals surface area contributed by atoms with E-state index in [4.69, 9.17) is 4.74 Å². The minimum atomic E-state index is -0.717. The quantitative estimate of drug-likeness (QED) is 0.750. The van der Waals surface area contributed by atoms with Gasteiger partial charge in [0, 0.05) is 31.6 Å². The lowest BCUT2D eigenvalue weighted by Gasteiger charge is -2.37. The summed E-state index contributed by atoms with van der Waals surface area (Å²) in [6, 6.07) is 5.94. The van der Waals surface area contributed by atoms with E-state index in [0.29, 0.717) is 23.6 Å². The Morgan fingerprint density at radius 1 is 1.32 bits per heavy atom. The van der Waals surface area contributed by atoms with Crippen molar-refractivity contribution < 1.29 is 13.9 Å². The number of carbonyl (C=O) groups is 1. The topological polar surface area (TPSA) is 77.4 Å². The molecule has 31 heavy (non-hydrogen) atoms. The van der Waals surface area contributed by atoms with Gasteiger partial charge in [-0.05, 0) is 61.1 Å². The molecule has 4 aliphatic rings. The highest BCUT2D eigenvalue weighted by atomic mass is 19.1. The molecular formula is C24H31FN4O2. The largest absolute Gasteiger partial charge is 0.379 e. The number of benzene rings is 1. The van der Waals surface area contributed by atoms with Crippen LogP contribution in [-0.4, -0.2) is 61.3 Å². The average Bonchev–Trinajstić information content (AvgIpc) is 3.44. The number of ether oxygens (including phenoxy) is 1. The molecule has 5 rings (SSSR count). The predicted molar refractivity (Wildman–Crippen MR) is 114 cm³/mol. The zero-order valence-electron chi connectivity index (χ0n) is 17.9. The molecule has 2 aliphatic carbocycles. The van der Waals surface area contributed by atoms with Gasteiger partial charge in [0.2, 0.25) is 5.91 Å². The third kappa shape index (κ3) is 4.21. The Labute approximate surface area is 183 Å². The van der Waals surface area contributed by atoms with Crippen molar-refractivity contribution in [3.63, 3.8) is 0 Å². The van der Waals surface area contributed by atoms with Gasteiger partial charge in [0.1, 0.15) is 11.9 Å². The molecule has 1 aromatic rings. The molecular weight excluding hydrogens is 395 g/mol. The third-order valence-corrected chi connectivity index (χ3v) is 7.70. The monoisotopic (exact) mass is 426 g/mol. The van der Waals surface area contributed by atoms with E-state index in [2.05, 4.69) is 21.6 Å². The third-order valence-electron chi connectivity index (χ3n) is 7.70. The van der Waals surface area contributed by atoms with Gasteiger partial charge in [-0.2, -0.15) is 5.26 Å². The van der Waals surface area contributed by atoms with Gasteiger partial charge < -0.3 is 15.4 Å². The summed E-state index contributed by atoms with van der Waals surface area (Å²) < 4.78 is 20.8. The van der Waals surface area contributed by atoms with Gasteiger partial charge in [-0.3, -0.25) is 9.69 Å². The second-order valence-corrected chi connectivity index (χ2v) is 9.53. The van der Waals surface area contributed by atoms with Crippen LogP contribution < -0.4 is 10.6 Å². The molecule has 2 heterocycles. The molecule has 166 valence electrons. The van der Waals surface area contributed by atoms with Crippen molar-refractivity contribution in [2.45, 2.75) is 69.1 Å². The van der Waals surface area contributed by atoms with E-state index >= 15 is 4.39 Å². The second-order valence-electron chi connectivity index (χ2n) is 9.53. The molecule has 2 bridgehead atoms. The summed E-state index contributed by atoms with van der Waals surface area (Å²) >= 11 is 0. The smallest absolute Gasteiger partial charge is 0.238 e. The number of hydrogen-bond acceptors (Lipinski definition) is 5. The normalized spacial score (nSPS) is 31.1. The summed E-state index contributed by atoms with van der Waals surface area (Å²) in [5, 5.41) is 15.8. The fraction of sp³-hybridized carbons (Fsp3) is 0.667. The van der Waals surface area contributed by atoms with E-state index in [9.17, 15) is 10.1 Å². The molecule has 0 aromatic heterocycles. The second kappa shape index (κ2) is 8.85. The minimum Gasteiger partial charge on any atom is -0.379 e. The first-order valence-electron chi connectivity index (χ1n) is 11.7. The average molecular weight is 427 g/mol. The number of nitrogens with one attached hydrogen (secondary N) is 2. The number of rotatable bonds is 5. The van der Waals surface area contributed by atoms with E-state index < -0.39 is 6.04 Å². The number of halogens is 1. The molecule has 0 spiro atoms. The number of piperidine rings is 1. The molecule has 7 heteroatoms. The number of hydrogen-bond donors (Lipinski definition) is 2. The lowest BCUT2D eigenvalue weighted by atomic mass is 9.85. The zero-order chi connectivity index (χ0) is 21.4. The van der Waals surface area contributed by atoms with Gasteiger partial charge in [0.05, 0.1) is 25.3 Å². The first kappa shape index (κ1) is 20.9. The maximum Gasteiger partial charge on any atom is 0.238 e. The molecule has 0 radical (unpaired) electrons. The number of morpholine rings is 1. The van der Waals surface area contributed by atoms with E-state index in [1.807, 2.05) is 12.1 Å². The van der Waals surface area contributed by atoms with Gasteiger partial charge in [-0.25, -0.2) is 4.39 Å². The molecule has 5 atom stereocenters. The van der Waals surface area contributed by atoms with Crippen molar-refractivity contribution >= 4 is 5.91 Å². The predicted octanol–water partition coefficient (Wildman–Crippen LogP) is 1.71. The van der Waals surface area contributed by atoms with Gasteiger partial charge in [0.25, 0.3) is 0 Å². The van der Waals surface area contributed by atoms with E-state index in [1.165, 1.54) is 0 Å². The number of nitriles is 1. The Balaban J connectivity index is 1.23. The summed E-state index contributed by atoms with van der Waals surface area (Å²) in [5.74, 6) is 0.0557. The summed E-state index contributed by atoms with van der Waals surface area (Å²) in [6.45, 7) is 3.44. The maximum atomic E-state index is 15.3. The van der Waals surface area contributed by atoms with Gasteiger partial charge in [-0.15, -0.1) is 0 Å². The van der Waals surface area contributed by atoms with Crippen LogP contribution in [0.1, 0.15) is 42.4 Å². The van der Waals surface area contributed by atoms with Gasteiger partial charge >= 0.3 is 0 Å². The molecule has 1 unspecified atom stereocenters. The summed E-state index contributed by atoms with van der Waals surface area (Å²) in [6.07, 6.45) is 5.97. The lowest BCUT2D eigenvalue weighted by molar-refractivity contribution is -0.124. The highest BCUT2D eigenvalue weighted by Gasteiger charge is 2.43. The van der Waals surface area contributed by atoms with E-state index in [1.54, 1.807) is 0 Å². The zero-order valence-corrected chi connectivity index (χ0v) is 17.9. The van der Waals surface area contributed by atoms with Crippen LogP contribution in [0, 0.1) is 23.1 Å². The van der Waals surface area contributed by atoms with Gasteiger partial charge in [-0.1, -0.05) is 12.1 Å². The Morgan fingerprint density at radius 3 is 2.87 bits per heavy atom. The first-order valence-corrected chi connectivity index (χ1v) is 11.7. The number of nitrogens with zero attached hydrogens (tertiary/aromatic N) is 2. The van der Waals surface area contributed by atoms with Crippen LogP contribution in [0.5, 0.6) is 0 Å². The molecule has 2 aliphatic heterocycles. The van der Waals surface area contributed by atoms with Crippen molar-refractivity contribution in [3.8, 4) is 6.07 Å². The van der Waals surface area contributed by atoms with E-state index in [0.717, 1.165) is 76.0 Å². The minimum absolute atomic E-state index is 0.120. The lowest BCUT2D eigenvalue weighted by Crippen LogP contribution is -2.50. The molecule has 1 aromatic carbocycles. The van der Waals surface area contributed by atoms with Crippen molar-refractivity contribution in [1.82, 2.24) is 15.5 Å². The molecule has 6 nitrogen and oxygen atoms in total. The maximum absolute atomic E-state index is 15.3. The summed E-state index contributed by atoms with van der Waals surface area (Å²) in [5.41, 5.74) is 2.39. The molecule has 1 saturated carbocycles. The van der Waals surface area contributed by atoms with Crippen LogP contribution in [0.3, 0.4) is 0 Å². The van der Waals surface area contributed by atoms with Crippen LogP contribution in [0.15, 0.2) is 12.1 Å². The Kier molecular flexibility index (Phi) is 5.96. The van der Waals surface area contributed by atoms with Crippen LogP contribution >= 0.6 is 0 Å². The number of fused-ring (bicyclic) bond motifs is 3. The van der Waals surface area contributed by atoms with Crippen LogP contribution in [0.2, 0.25) is 0 Å². The highest BCUT2D eigenvalue weighted by Crippen LogP contribution is 2.35. The van der Waals surface area contributed by atoms with Crippen LogP contribution in [0.4, 0.5) is 4.39 Å². The van der Waals surface area contributed by atoms with Crippen molar-refractivity contribution in [1.29, 1.82) is 5.26 Å². The fourth-order valence-electron chi connectivity index (χ4n) is 6.01. The molecule has 2 saturated heterocycles. The number of carbonyl (C=O) groups excluding carboxylic acids is 1. The Bertz CT molecular complexity index is 879. The molecule has 1 amide bonds. The fourth-order valence-corrected chi connectivity index (χ4v) is 6.01. The summed E-state index contributed by atoms with van der Waals surface area (Å²) in [4.78, 5) is 15.1. The Morgan fingerprint density at radius 2 is 2.16 bits per heavy atom.